The number of carboxylic acids is 1. The molecule has 2 aliphatic rings. The van der Waals surface area contributed by atoms with E-state index < -0.39 is 12.4 Å². The number of piperazine rings is 1. The van der Waals surface area contributed by atoms with Crippen molar-refractivity contribution in [3.05, 3.63) is 52.1 Å². The number of rotatable bonds is 6. The van der Waals surface area contributed by atoms with E-state index >= 15 is 0 Å². The topological polar surface area (TPSA) is 99.8 Å². The molecule has 7 nitrogen and oxygen atoms in total. The van der Waals surface area contributed by atoms with Crippen molar-refractivity contribution in [2.45, 2.75) is 50.6 Å². The predicted octanol–water partition coefficient (Wildman–Crippen LogP) is 4.78. The molecule has 1 aromatic heterocycles. The second-order valence-electron chi connectivity index (χ2n) is 8.95. The van der Waals surface area contributed by atoms with Gasteiger partial charge in [0.1, 0.15) is 6.42 Å². The normalized spacial score (nSPS) is 21.4. The lowest BCUT2D eigenvalue weighted by atomic mass is 9.91. The van der Waals surface area contributed by atoms with E-state index in [1.807, 2.05) is 24.3 Å². The maximum Gasteiger partial charge on any atom is 0.312 e. The number of nitrogens with two attached hydrogens (primary N) is 1. The molecule has 9 heteroatoms. The number of nitrogen functional groups attached to an aromatic ring is 1. The molecule has 2 aromatic rings. The molecule has 1 saturated heterocycles. The molecule has 2 fully saturated rings. The molecule has 3 N–H and O–H groups in total. The number of hydrogen-bond acceptors (Lipinski definition) is 5. The van der Waals surface area contributed by atoms with Crippen LogP contribution < -0.4 is 10.6 Å². The molecule has 0 radical (unpaired) electrons. The summed E-state index contributed by atoms with van der Waals surface area (Å²) in [7, 11) is 0. The highest BCUT2D eigenvalue weighted by atomic mass is 35.5. The van der Waals surface area contributed by atoms with Crippen LogP contribution in [0, 0.1) is 5.92 Å². The third kappa shape index (κ3) is 5.53. The zero-order chi connectivity index (χ0) is 23.5. The summed E-state index contributed by atoms with van der Waals surface area (Å²) in [5, 5.41) is 10.3. The van der Waals surface area contributed by atoms with Gasteiger partial charge in [0.25, 0.3) is 0 Å². The third-order valence-electron chi connectivity index (χ3n) is 6.65. The highest BCUT2D eigenvalue weighted by Crippen LogP contribution is 2.40. The zero-order valence-corrected chi connectivity index (χ0v) is 19.8. The van der Waals surface area contributed by atoms with Crippen LogP contribution in [0.5, 0.6) is 0 Å². The summed E-state index contributed by atoms with van der Waals surface area (Å²) in [4.78, 5) is 32.5. The van der Waals surface area contributed by atoms with Crippen LogP contribution in [-0.2, 0) is 9.59 Å². The lowest BCUT2D eigenvalue weighted by Gasteiger charge is -2.48. The van der Waals surface area contributed by atoms with Crippen LogP contribution in [0.4, 0.5) is 11.5 Å². The van der Waals surface area contributed by atoms with Crippen LogP contribution in [0.15, 0.2) is 36.5 Å². The monoisotopic (exact) mass is 490 g/mol. The number of nitrogens with zero attached hydrogens (tertiary/aromatic N) is 3. The van der Waals surface area contributed by atoms with Crippen molar-refractivity contribution in [1.29, 1.82) is 0 Å². The Morgan fingerprint density at radius 3 is 2.42 bits per heavy atom. The number of carboxylic acid groups (broad SMARTS) is 1. The van der Waals surface area contributed by atoms with E-state index in [-0.39, 0.29) is 18.0 Å². The first-order valence-electron chi connectivity index (χ1n) is 11.3. The van der Waals surface area contributed by atoms with Crippen molar-refractivity contribution < 1.29 is 14.7 Å². The number of hydrogen-bond donors (Lipinski definition) is 2. The molecule has 1 aromatic carbocycles. The number of anilines is 2. The Bertz CT molecular complexity index is 1010. The molecule has 1 aliphatic heterocycles. The standard InChI is InChI=1S/C24H28Cl2N4O3/c25-17-7-5-16(6-8-17)21-14-29(22(31)11-23(32)33)13-19(9-15-3-1-2-4-15)30(21)24-20(27)10-18(26)12-28-24/h5-8,10,12,15,19,21H,1-4,9,11,13-14,27H2,(H,32,33)/t19-,21-/m0/s1. The van der Waals surface area contributed by atoms with Gasteiger partial charge in [-0.15, -0.1) is 0 Å². The highest BCUT2D eigenvalue weighted by molar-refractivity contribution is 6.31. The maximum absolute atomic E-state index is 12.8. The lowest BCUT2D eigenvalue weighted by Crippen LogP contribution is -2.57. The number of aliphatic carboxylic acids is 1. The molecule has 1 aliphatic carbocycles. The quantitative estimate of drug-likeness (QED) is 0.564. The van der Waals surface area contributed by atoms with Gasteiger partial charge in [-0.1, -0.05) is 61.0 Å². The minimum absolute atomic E-state index is 0.0590. The molecular weight excluding hydrogens is 463 g/mol. The van der Waals surface area contributed by atoms with Gasteiger partial charge in [-0.3, -0.25) is 9.59 Å². The lowest BCUT2D eigenvalue weighted by molar-refractivity contribution is -0.144. The van der Waals surface area contributed by atoms with E-state index in [2.05, 4.69) is 9.88 Å². The molecule has 0 unspecified atom stereocenters. The van der Waals surface area contributed by atoms with E-state index in [1.165, 1.54) is 12.8 Å². The Hall–Kier alpha value is -2.51. The molecule has 2 heterocycles. The minimum atomic E-state index is -1.12. The van der Waals surface area contributed by atoms with Gasteiger partial charge in [0.2, 0.25) is 5.91 Å². The summed E-state index contributed by atoms with van der Waals surface area (Å²) in [6, 6.07) is 8.88. The van der Waals surface area contributed by atoms with Crippen molar-refractivity contribution >= 4 is 46.6 Å². The number of carbonyl (C=O) groups is 2. The van der Waals surface area contributed by atoms with E-state index in [1.54, 1.807) is 17.2 Å². The number of benzene rings is 1. The third-order valence-corrected chi connectivity index (χ3v) is 7.11. The van der Waals surface area contributed by atoms with Gasteiger partial charge in [0, 0.05) is 30.4 Å². The summed E-state index contributed by atoms with van der Waals surface area (Å²) < 4.78 is 0. The first-order chi connectivity index (χ1) is 15.8. The molecule has 176 valence electrons. The molecule has 1 saturated carbocycles. The van der Waals surface area contributed by atoms with Gasteiger partial charge in [-0.2, -0.15) is 0 Å². The van der Waals surface area contributed by atoms with Gasteiger partial charge in [0.05, 0.1) is 16.8 Å². The number of halogens is 2. The van der Waals surface area contributed by atoms with Gasteiger partial charge in [-0.25, -0.2) is 4.98 Å². The summed E-state index contributed by atoms with van der Waals surface area (Å²) in [6.45, 7) is 0.759. The predicted molar refractivity (Wildman–Crippen MR) is 130 cm³/mol. The fourth-order valence-electron chi connectivity index (χ4n) is 5.17. The van der Waals surface area contributed by atoms with E-state index in [9.17, 15) is 14.7 Å². The molecule has 2 atom stereocenters. The average molecular weight is 491 g/mol. The second-order valence-corrected chi connectivity index (χ2v) is 9.82. The molecule has 1 amide bonds. The Morgan fingerprint density at radius 1 is 1.09 bits per heavy atom. The Morgan fingerprint density at radius 2 is 1.79 bits per heavy atom. The largest absolute Gasteiger partial charge is 0.481 e. The Balaban J connectivity index is 1.76. The second kappa shape index (κ2) is 10.2. The first kappa shape index (κ1) is 23.6. The minimum Gasteiger partial charge on any atom is -0.481 e. The molecule has 4 rings (SSSR count). The van der Waals surface area contributed by atoms with Gasteiger partial charge >= 0.3 is 5.97 Å². The number of pyridine rings is 1. The molecule has 33 heavy (non-hydrogen) atoms. The van der Waals surface area contributed by atoms with E-state index in [0.717, 1.165) is 24.8 Å². The maximum atomic E-state index is 12.8. The average Bonchev–Trinajstić information content (AvgIpc) is 3.27. The van der Waals surface area contributed by atoms with E-state index in [4.69, 9.17) is 28.9 Å². The van der Waals surface area contributed by atoms with Crippen molar-refractivity contribution in [3.8, 4) is 0 Å². The van der Waals surface area contributed by atoms with Gasteiger partial charge in [0.15, 0.2) is 5.82 Å². The number of carbonyl (C=O) groups excluding carboxylic acids is 1. The summed E-state index contributed by atoms with van der Waals surface area (Å²) >= 11 is 12.3. The van der Waals surface area contributed by atoms with Crippen LogP contribution in [-0.4, -0.2) is 46.0 Å². The first-order valence-corrected chi connectivity index (χ1v) is 12.0. The Kier molecular flexibility index (Phi) is 7.29. The van der Waals surface area contributed by atoms with Crippen LogP contribution in [0.1, 0.15) is 50.1 Å². The van der Waals surface area contributed by atoms with Crippen molar-refractivity contribution in [3.63, 3.8) is 0 Å². The van der Waals surface area contributed by atoms with Gasteiger partial charge < -0.3 is 20.6 Å². The zero-order valence-electron chi connectivity index (χ0n) is 18.3. The summed E-state index contributed by atoms with van der Waals surface area (Å²) in [5.74, 6) is -0.324. The summed E-state index contributed by atoms with van der Waals surface area (Å²) in [5.41, 5.74) is 7.81. The fraction of sp³-hybridized carbons (Fsp3) is 0.458. The van der Waals surface area contributed by atoms with Crippen molar-refractivity contribution in [1.82, 2.24) is 9.88 Å². The van der Waals surface area contributed by atoms with Crippen LogP contribution in [0.25, 0.3) is 0 Å². The number of aromatic nitrogens is 1. The number of amides is 1. The summed E-state index contributed by atoms with van der Waals surface area (Å²) in [6.07, 6.45) is 6.67. The highest BCUT2D eigenvalue weighted by Gasteiger charge is 2.40. The van der Waals surface area contributed by atoms with Crippen molar-refractivity contribution in [2.24, 2.45) is 5.92 Å². The van der Waals surface area contributed by atoms with Gasteiger partial charge in [-0.05, 0) is 36.1 Å². The molecule has 0 bridgehead atoms. The Labute approximate surface area is 203 Å². The van der Waals surface area contributed by atoms with Crippen molar-refractivity contribution in [2.75, 3.05) is 23.7 Å². The molecule has 0 spiro atoms. The van der Waals surface area contributed by atoms with Crippen LogP contribution in [0.3, 0.4) is 0 Å². The smallest absolute Gasteiger partial charge is 0.312 e. The fourth-order valence-corrected chi connectivity index (χ4v) is 5.46. The van der Waals surface area contributed by atoms with Crippen LogP contribution in [0.2, 0.25) is 10.0 Å². The SMILES string of the molecule is Nc1cc(Cl)cnc1N1[C@@H](CC2CCCC2)CN(C(=O)CC(=O)O)C[C@H]1c1ccc(Cl)cc1. The van der Waals surface area contributed by atoms with Crippen LogP contribution >= 0.6 is 23.2 Å². The molecular formula is C24H28Cl2N4O3. The van der Waals surface area contributed by atoms with E-state index in [0.29, 0.717) is 40.6 Å².